The molecule has 14 heteroatoms. The van der Waals surface area contributed by atoms with Crippen molar-refractivity contribution >= 4 is 34.7 Å². The second-order valence-electron chi connectivity index (χ2n) is 9.20. The molecule has 5 rings (SSSR count). The molecule has 6 unspecified atom stereocenters. The molecule has 198 valence electrons. The number of nitrogens with zero attached hydrogens (tertiary/aromatic N) is 5. The number of aliphatic carboxylic acids is 1. The second kappa shape index (κ2) is 10.4. The van der Waals surface area contributed by atoms with E-state index in [1.54, 1.807) is 6.07 Å². The van der Waals surface area contributed by atoms with Crippen LogP contribution in [0, 0.1) is 11.6 Å². The lowest BCUT2D eigenvalue weighted by atomic mass is 10.1. The van der Waals surface area contributed by atoms with Crippen LogP contribution in [0.4, 0.5) is 14.6 Å². The number of ether oxygens (including phenoxy) is 1. The fourth-order valence-corrected chi connectivity index (χ4v) is 5.28. The number of aliphatic hydroxyl groups excluding tert-OH is 2. The normalized spacial score (nSPS) is 27.1. The first-order valence-corrected chi connectivity index (χ1v) is 12.9. The van der Waals surface area contributed by atoms with Gasteiger partial charge in [0.15, 0.2) is 33.8 Å². The van der Waals surface area contributed by atoms with Crippen LogP contribution in [0.1, 0.15) is 43.7 Å². The topological polar surface area (TPSA) is 156 Å². The first-order chi connectivity index (χ1) is 17.8. The van der Waals surface area contributed by atoms with Gasteiger partial charge in [-0.15, -0.1) is 5.10 Å². The Morgan fingerprint density at radius 1 is 1.22 bits per heavy atom. The van der Waals surface area contributed by atoms with Gasteiger partial charge < -0.3 is 25.4 Å². The molecule has 2 fully saturated rings. The molecule has 2 saturated carbocycles. The lowest BCUT2D eigenvalue weighted by Gasteiger charge is -2.17. The molecular formula is C23H26F2N6O5S. The Hall–Kier alpha value is -2.94. The van der Waals surface area contributed by atoms with Gasteiger partial charge in [0.25, 0.3) is 0 Å². The number of aromatic nitrogens is 5. The lowest BCUT2D eigenvalue weighted by Crippen LogP contribution is -2.33. The molecule has 1 aromatic carbocycles. The fraction of sp³-hybridized carbons (Fsp3) is 0.522. The Balaban J connectivity index is 1.42. The maximum Gasteiger partial charge on any atom is 0.329 e. The Bertz CT molecular complexity index is 1310. The summed E-state index contributed by atoms with van der Waals surface area (Å²) >= 11 is 1.44. The summed E-state index contributed by atoms with van der Waals surface area (Å²) in [4.78, 5) is 20.1. The van der Waals surface area contributed by atoms with Crippen molar-refractivity contribution in [3.05, 3.63) is 35.4 Å². The molecule has 4 N–H and O–H groups in total. The minimum atomic E-state index is -1.31. The zero-order valence-corrected chi connectivity index (χ0v) is 20.6. The summed E-state index contributed by atoms with van der Waals surface area (Å²) in [7, 11) is 0. The predicted molar refractivity (Wildman–Crippen MR) is 128 cm³/mol. The van der Waals surface area contributed by atoms with Crippen molar-refractivity contribution < 1.29 is 33.6 Å². The SMILES string of the molecule is CCCSc1nc(NC2CC2c2ccc(F)c(F)c2)c2nnn(C3CC(OCC(=O)O)C(O)C3O)c2n1. The third-order valence-electron chi connectivity index (χ3n) is 6.56. The van der Waals surface area contributed by atoms with Gasteiger partial charge in [-0.3, -0.25) is 0 Å². The number of hydrogen-bond donors (Lipinski definition) is 4. The molecule has 2 heterocycles. The summed E-state index contributed by atoms with van der Waals surface area (Å²) in [5.41, 5.74) is 1.38. The van der Waals surface area contributed by atoms with Crippen LogP contribution >= 0.6 is 11.8 Å². The monoisotopic (exact) mass is 536 g/mol. The molecule has 2 aliphatic carbocycles. The van der Waals surface area contributed by atoms with Crippen LogP contribution < -0.4 is 5.32 Å². The smallest absolute Gasteiger partial charge is 0.329 e. The molecule has 0 saturated heterocycles. The number of carboxylic acid groups (broad SMARTS) is 1. The highest BCUT2D eigenvalue weighted by Crippen LogP contribution is 2.44. The van der Waals surface area contributed by atoms with E-state index >= 15 is 0 Å². The number of fused-ring (bicyclic) bond motifs is 1. The van der Waals surface area contributed by atoms with E-state index in [-0.39, 0.29) is 18.4 Å². The van der Waals surface area contributed by atoms with Gasteiger partial charge in [0.1, 0.15) is 18.8 Å². The number of nitrogens with one attached hydrogen (secondary N) is 1. The van der Waals surface area contributed by atoms with Crippen LogP contribution in [0.5, 0.6) is 0 Å². The Labute approximate surface area is 214 Å². The largest absolute Gasteiger partial charge is 0.480 e. The molecule has 2 aliphatic rings. The van der Waals surface area contributed by atoms with Gasteiger partial charge in [-0.1, -0.05) is 30.0 Å². The van der Waals surface area contributed by atoms with Crippen molar-refractivity contribution in [2.75, 3.05) is 17.7 Å². The van der Waals surface area contributed by atoms with Gasteiger partial charge in [-0.2, -0.15) is 0 Å². The summed E-state index contributed by atoms with van der Waals surface area (Å²) in [6.07, 6.45) is -1.78. The Morgan fingerprint density at radius 3 is 2.76 bits per heavy atom. The Morgan fingerprint density at radius 2 is 2.03 bits per heavy atom. The van der Waals surface area contributed by atoms with Crippen LogP contribution in [-0.2, 0) is 9.53 Å². The molecule has 0 amide bonds. The number of carboxylic acids is 1. The number of benzene rings is 1. The quantitative estimate of drug-likeness (QED) is 0.222. The molecule has 0 aliphatic heterocycles. The molecule has 3 aromatic rings. The van der Waals surface area contributed by atoms with Crippen LogP contribution in [0.3, 0.4) is 0 Å². The number of halogens is 2. The highest BCUT2D eigenvalue weighted by atomic mass is 32.2. The number of thioether (sulfide) groups is 1. The van der Waals surface area contributed by atoms with E-state index in [2.05, 4.69) is 25.6 Å². The van der Waals surface area contributed by atoms with E-state index in [0.717, 1.165) is 18.2 Å². The molecule has 37 heavy (non-hydrogen) atoms. The minimum absolute atomic E-state index is 0.0270. The number of aliphatic hydroxyl groups is 2. The molecular weight excluding hydrogens is 510 g/mol. The summed E-state index contributed by atoms with van der Waals surface area (Å²) in [5, 5.41) is 42.2. The van der Waals surface area contributed by atoms with E-state index in [0.29, 0.717) is 34.1 Å². The van der Waals surface area contributed by atoms with Crippen molar-refractivity contribution in [2.24, 2.45) is 0 Å². The average Bonchev–Trinajstić information content (AvgIpc) is 3.41. The average molecular weight is 537 g/mol. The lowest BCUT2D eigenvalue weighted by molar-refractivity contribution is -0.147. The van der Waals surface area contributed by atoms with Crippen molar-refractivity contribution in [1.29, 1.82) is 0 Å². The van der Waals surface area contributed by atoms with Crippen LogP contribution in [0.15, 0.2) is 23.4 Å². The van der Waals surface area contributed by atoms with Gasteiger partial charge in [0.05, 0.1) is 12.1 Å². The summed E-state index contributed by atoms with van der Waals surface area (Å²) < 4.78 is 33.7. The highest BCUT2D eigenvalue weighted by Gasteiger charge is 2.45. The van der Waals surface area contributed by atoms with Crippen LogP contribution in [-0.4, -0.2) is 83.0 Å². The van der Waals surface area contributed by atoms with Crippen molar-refractivity contribution in [3.63, 3.8) is 0 Å². The minimum Gasteiger partial charge on any atom is -0.480 e. The van der Waals surface area contributed by atoms with Crippen molar-refractivity contribution in [1.82, 2.24) is 25.0 Å². The van der Waals surface area contributed by atoms with E-state index in [9.17, 15) is 23.8 Å². The maximum atomic E-state index is 13.7. The first kappa shape index (κ1) is 25.7. The first-order valence-electron chi connectivity index (χ1n) is 11.9. The zero-order chi connectivity index (χ0) is 26.3. The maximum absolute atomic E-state index is 13.7. The number of anilines is 1. The van der Waals surface area contributed by atoms with Crippen molar-refractivity contribution in [2.45, 2.75) is 67.7 Å². The van der Waals surface area contributed by atoms with Gasteiger partial charge in [-0.25, -0.2) is 28.2 Å². The molecule has 6 atom stereocenters. The van der Waals surface area contributed by atoms with Gasteiger partial charge in [0, 0.05) is 24.1 Å². The van der Waals surface area contributed by atoms with Crippen molar-refractivity contribution in [3.8, 4) is 0 Å². The van der Waals surface area contributed by atoms with Gasteiger partial charge in [0.2, 0.25) is 0 Å². The van der Waals surface area contributed by atoms with Gasteiger partial charge >= 0.3 is 5.97 Å². The number of carbonyl (C=O) groups is 1. The molecule has 0 bridgehead atoms. The zero-order valence-electron chi connectivity index (χ0n) is 19.8. The highest BCUT2D eigenvalue weighted by molar-refractivity contribution is 7.99. The molecule has 0 spiro atoms. The molecule has 0 radical (unpaired) electrons. The molecule has 2 aromatic heterocycles. The van der Waals surface area contributed by atoms with E-state index in [1.807, 2.05) is 6.92 Å². The summed E-state index contributed by atoms with van der Waals surface area (Å²) in [5.74, 6) is -1.80. The Kier molecular flexibility index (Phi) is 7.25. The fourth-order valence-electron chi connectivity index (χ4n) is 4.59. The van der Waals surface area contributed by atoms with Crippen LogP contribution in [0.25, 0.3) is 11.2 Å². The standard InChI is InChI=1S/C23H26F2N6O5S/c1-2-5-37-23-27-21(26-14-7-11(14)10-3-4-12(24)13(25)6-10)18-22(28-23)31(30-29-18)15-8-16(20(35)19(15)34)36-9-17(32)33/h3-4,6,11,14-16,19-20,34-35H,2,5,7-9H2,1H3,(H,32,33)(H,26,27,28). The second-order valence-corrected chi connectivity index (χ2v) is 10.3. The predicted octanol–water partition coefficient (Wildman–Crippen LogP) is 2.11. The van der Waals surface area contributed by atoms with E-state index in [4.69, 9.17) is 9.84 Å². The van der Waals surface area contributed by atoms with Gasteiger partial charge in [-0.05, 0) is 30.5 Å². The molecule has 11 nitrogen and oxygen atoms in total. The van der Waals surface area contributed by atoms with Crippen LogP contribution in [0.2, 0.25) is 0 Å². The van der Waals surface area contributed by atoms with E-state index in [1.165, 1.54) is 22.5 Å². The third-order valence-corrected chi connectivity index (χ3v) is 7.61. The van der Waals surface area contributed by atoms with E-state index < -0.39 is 48.6 Å². The summed E-state index contributed by atoms with van der Waals surface area (Å²) in [6, 6.07) is 3.05. The summed E-state index contributed by atoms with van der Waals surface area (Å²) in [6.45, 7) is 1.43. The third kappa shape index (κ3) is 5.23. The number of rotatable bonds is 10. The number of hydrogen-bond acceptors (Lipinski definition) is 10.